The summed E-state index contributed by atoms with van der Waals surface area (Å²) in [7, 11) is 1.61. The maximum atomic E-state index is 10.8. The van der Waals surface area contributed by atoms with Gasteiger partial charge in [-0.3, -0.25) is 0 Å². The number of hydrogen-bond donors (Lipinski definition) is 2. The topological polar surface area (TPSA) is 71.5 Å². The number of aromatic nitrogens is 1. The van der Waals surface area contributed by atoms with Gasteiger partial charge >= 0.3 is 5.97 Å². The highest BCUT2D eigenvalue weighted by atomic mass is 16.5. The molecule has 0 atom stereocenters. The van der Waals surface area contributed by atoms with Gasteiger partial charge < -0.3 is 15.2 Å². The number of carbonyl (C=O) groups is 1. The predicted octanol–water partition coefficient (Wildman–Crippen LogP) is 2.40. The number of anilines is 1. The van der Waals surface area contributed by atoms with Crippen LogP contribution in [0.1, 0.15) is 16.1 Å². The number of rotatable bonds is 5. The summed E-state index contributed by atoms with van der Waals surface area (Å²) in [5.74, 6) is 0.260. The number of pyridine rings is 1. The van der Waals surface area contributed by atoms with Crippen molar-refractivity contribution in [3.05, 3.63) is 53.7 Å². The van der Waals surface area contributed by atoms with E-state index in [0.29, 0.717) is 12.4 Å². The minimum absolute atomic E-state index is 0.0185. The second-order valence-corrected chi connectivity index (χ2v) is 3.88. The van der Waals surface area contributed by atoms with Crippen LogP contribution in [-0.2, 0) is 6.54 Å². The highest BCUT2D eigenvalue weighted by Gasteiger charge is 2.06. The summed E-state index contributed by atoms with van der Waals surface area (Å²) in [6.45, 7) is 0.514. The fourth-order valence-corrected chi connectivity index (χ4v) is 1.69. The molecule has 5 heteroatoms. The van der Waals surface area contributed by atoms with Crippen molar-refractivity contribution in [3.8, 4) is 5.75 Å². The average molecular weight is 258 g/mol. The van der Waals surface area contributed by atoms with E-state index in [1.165, 1.54) is 6.07 Å². The van der Waals surface area contributed by atoms with E-state index in [1.807, 2.05) is 24.3 Å². The van der Waals surface area contributed by atoms with Crippen LogP contribution in [0.5, 0.6) is 5.75 Å². The van der Waals surface area contributed by atoms with E-state index in [-0.39, 0.29) is 5.69 Å². The Morgan fingerprint density at radius 3 is 2.79 bits per heavy atom. The largest absolute Gasteiger partial charge is 0.496 e. The maximum Gasteiger partial charge on any atom is 0.354 e. The van der Waals surface area contributed by atoms with Crippen molar-refractivity contribution < 1.29 is 14.6 Å². The highest BCUT2D eigenvalue weighted by molar-refractivity contribution is 5.85. The molecular formula is C14H14N2O3. The Labute approximate surface area is 110 Å². The van der Waals surface area contributed by atoms with E-state index in [9.17, 15) is 4.79 Å². The van der Waals surface area contributed by atoms with Gasteiger partial charge in [-0.1, -0.05) is 24.3 Å². The molecule has 0 aliphatic heterocycles. The molecule has 19 heavy (non-hydrogen) atoms. The monoisotopic (exact) mass is 258 g/mol. The number of ether oxygens (including phenoxy) is 1. The number of hydrogen-bond acceptors (Lipinski definition) is 4. The van der Waals surface area contributed by atoms with Crippen molar-refractivity contribution >= 4 is 11.8 Å². The number of carboxylic acids is 1. The highest BCUT2D eigenvalue weighted by Crippen LogP contribution is 2.18. The van der Waals surface area contributed by atoms with Gasteiger partial charge in [-0.2, -0.15) is 0 Å². The Morgan fingerprint density at radius 1 is 1.26 bits per heavy atom. The lowest BCUT2D eigenvalue weighted by Crippen LogP contribution is -2.06. The van der Waals surface area contributed by atoms with Gasteiger partial charge in [0.2, 0.25) is 0 Å². The number of carboxylic acid groups (broad SMARTS) is 1. The molecule has 0 amide bonds. The molecule has 2 aromatic rings. The van der Waals surface area contributed by atoms with Crippen molar-refractivity contribution in [1.29, 1.82) is 0 Å². The van der Waals surface area contributed by atoms with Gasteiger partial charge in [0.1, 0.15) is 11.6 Å². The molecule has 2 rings (SSSR count). The minimum Gasteiger partial charge on any atom is -0.496 e. The van der Waals surface area contributed by atoms with Crippen molar-refractivity contribution in [2.75, 3.05) is 12.4 Å². The molecule has 0 fully saturated rings. The van der Waals surface area contributed by atoms with Gasteiger partial charge in [-0.15, -0.1) is 0 Å². The first-order valence-electron chi connectivity index (χ1n) is 5.77. The fourth-order valence-electron chi connectivity index (χ4n) is 1.69. The molecule has 2 N–H and O–H groups in total. The van der Waals surface area contributed by atoms with Gasteiger partial charge in [-0.25, -0.2) is 9.78 Å². The molecule has 0 radical (unpaired) electrons. The Hall–Kier alpha value is -2.56. The Balaban J connectivity index is 2.10. The second-order valence-electron chi connectivity index (χ2n) is 3.88. The molecule has 0 saturated carbocycles. The third kappa shape index (κ3) is 3.22. The lowest BCUT2D eigenvalue weighted by Gasteiger charge is -2.10. The molecule has 0 aliphatic rings. The summed E-state index contributed by atoms with van der Waals surface area (Å²) in [6.07, 6.45) is 0. The molecule has 0 saturated heterocycles. The van der Waals surface area contributed by atoms with Crippen LogP contribution < -0.4 is 10.1 Å². The zero-order chi connectivity index (χ0) is 13.7. The third-order valence-corrected chi connectivity index (χ3v) is 2.62. The molecule has 98 valence electrons. The van der Waals surface area contributed by atoms with Crippen LogP contribution in [0.2, 0.25) is 0 Å². The van der Waals surface area contributed by atoms with Crippen LogP contribution in [-0.4, -0.2) is 23.2 Å². The molecule has 1 aromatic carbocycles. The lowest BCUT2D eigenvalue weighted by molar-refractivity contribution is 0.0690. The molecular weight excluding hydrogens is 244 g/mol. The number of aromatic carboxylic acids is 1. The number of nitrogens with zero attached hydrogens (tertiary/aromatic N) is 1. The van der Waals surface area contributed by atoms with E-state index in [2.05, 4.69) is 10.3 Å². The summed E-state index contributed by atoms with van der Waals surface area (Å²) in [4.78, 5) is 14.8. The molecule has 0 bridgehead atoms. The smallest absolute Gasteiger partial charge is 0.354 e. The Bertz CT molecular complexity index is 584. The maximum absolute atomic E-state index is 10.8. The number of nitrogens with one attached hydrogen (secondary N) is 1. The average Bonchev–Trinajstić information content (AvgIpc) is 2.45. The molecule has 1 aromatic heterocycles. The molecule has 1 heterocycles. The predicted molar refractivity (Wildman–Crippen MR) is 71.5 cm³/mol. The zero-order valence-corrected chi connectivity index (χ0v) is 10.5. The van der Waals surface area contributed by atoms with Gasteiger partial charge in [0.15, 0.2) is 5.69 Å². The lowest BCUT2D eigenvalue weighted by atomic mass is 10.2. The summed E-state index contributed by atoms with van der Waals surface area (Å²) in [6, 6.07) is 12.5. The van der Waals surface area contributed by atoms with E-state index < -0.39 is 5.97 Å². The van der Waals surface area contributed by atoms with Crippen molar-refractivity contribution in [1.82, 2.24) is 4.98 Å². The summed E-state index contributed by atoms with van der Waals surface area (Å²) in [5, 5.41) is 11.9. The fraction of sp³-hybridized carbons (Fsp3) is 0.143. The van der Waals surface area contributed by atoms with E-state index in [1.54, 1.807) is 19.2 Å². The van der Waals surface area contributed by atoms with E-state index in [4.69, 9.17) is 9.84 Å². The third-order valence-electron chi connectivity index (χ3n) is 2.62. The van der Waals surface area contributed by atoms with Gasteiger partial charge in [0, 0.05) is 12.1 Å². The molecule has 5 nitrogen and oxygen atoms in total. The van der Waals surface area contributed by atoms with Crippen LogP contribution in [0.15, 0.2) is 42.5 Å². The van der Waals surface area contributed by atoms with Crippen molar-refractivity contribution in [2.24, 2.45) is 0 Å². The van der Waals surface area contributed by atoms with Crippen LogP contribution in [0.3, 0.4) is 0 Å². The first-order chi connectivity index (χ1) is 9.20. The van der Waals surface area contributed by atoms with Crippen LogP contribution in [0.25, 0.3) is 0 Å². The van der Waals surface area contributed by atoms with E-state index >= 15 is 0 Å². The van der Waals surface area contributed by atoms with Gasteiger partial charge in [-0.05, 0) is 18.2 Å². The number of methoxy groups -OCH3 is 1. The Morgan fingerprint density at radius 2 is 2.05 bits per heavy atom. The van der Waals surface area contributed by atoms with Gasteiger partial charge in [0.25, 0.3) is 0 Å². The molecule has 0 unspecified atom stereocenters. The van der Waals surface area contributed by atoms with E-state index in [0.717, 1.165) is 11.3 Å². The van der Waals surface area contributed by atoms with Crippen LogP contribution >= 0.6 is 0 Å². The second kappa shape index (κ2) is 5.86. The summed E-state index contributed by atoms with van der Waals surface area (Å²) in [5.41, 5.74) is 0.998. The van der Waals surface area contributed by atoms with Crippen LogP contribution in [0.4, 0.5) is 5.82 Å². The minimum atomic E-state index is -1.04. The normalized spacial score (nSPS) is 9.95. The first kappa shape index (κ1) is 12.9. The summed E-state index contributed by atoms with van der Waals surface area (Å²) >= 11 is 0. The molecule has 0 spiro atoms. The Kier molecular flexibility index (Phi) is 3.97. The van der Waals surface area contributed by atoms with Crippen LogP contribution in [0, 0.1) is 0 Å². The van der Waals surface area contributed by atoms with Gasteiger partial charge in [0.05, 0.1) is 7.11 Å². The first-order valence-corrected chi connectivity index (χ1v) is 5.77. The standard InChI is InChI=1S/C14H14N2O3/c1-19-12-7-3-2-5-10(12)9-15-13-8-4-6-11(16-13)14(17)18/h2-8H,9H2,1H3,(H,15,16)(H,17,18). The quantitative estimate of drug-likeness (QED) is 0.861. The number of para-hydroxylation sites is 1. The molecule has 0 aliphatic carbocycles. The number of benzene rings is 1. The zero-order valence-electron chi connectivity index (χ0n) is 10.5. The van der Waals surface area contributed by atoms with Crippen molar-refractivity contribution in [2.45, 2.75) is 6.54 Å². The summed E-state index contributed by atoms with van der Waals surface area (Å²) < 4.78 is 5.24. The van der Waals surface area contributed by atoms with Crippen molar-refractivity contribution in [3.63, 3.8) is 0 Å². The SMILES string of the molecule is COc1ccccc1CNc1cccc(C(=O)O)n1.